The molecule has 3 aromatic carbocycles. The summed E-state index contributed by atoms with van der Waals surface area (Å²) < 4.78 is 7.86. The van der Waals surface area contributed by atoms with E-state index in [-0.39, 0.29) is 0 Å². The maximum atomic E-state index is 6.08. The first kappa shape index (κ1) is 15.5. The third-order valence-corrected chi connectivity index (χ3v) is 5.99. The molecule has 134 valence electrons. The third-order valence-electron chi connectivity index (χ3n) is 5.06. The quantitative estimate of drug-likeness (QED) is 0.384. The second-order valence-electron chi connectivity index (χ2n) is 6.70. The number of hydrogen-bond donors (Lipinski definition) is 0. The van der Waals surface area contributed by atoms with E-state index >= 15 is 0 Å². The van der Waals surface area contributed by atoms with E-state index in [1.54, 1.807) is 4.52 Å². The van der Waals surface area contributed by atoms with Crippen molar-refractivity contribution in [1.29, 1.82) is 0 Å². The van der Waals surface area contributed by atoms with Gasteiger partial charge in [0.25, 0.3) is 0 Å². The molecule has 0 unspecified atom stereocenters. The molecule has 28 heavy (non-hydrogen) atoms. The summed E-state index contributed by atoms with van der Waals surface area (Å²) in [5.41, 5.74) is 2.99. The smallest absolute Gasteiger partial charge is 0.235 e. The van der Waals surface area contributed by atoms with Crippen molar-refractivity contribution in [3.8, 4) is 22.2 Å². The maximum absolute atomic E-state index is 6.08. The van der Waals surface area contributed by atoms with Crippen molar-refractivity contribution in [3.05, 3.63) is 72.3 Å². The summed E-state index contributed by atoms with van der Waals surface area (Å²) in [7, 11) is 0. The highest BCUT2D eigenvalue weighted by molar-refractivity contribution is 7.20. The second-order valence-corrected chi connectivity index (χ2v) is 7.66. The number of para-hydroxylation sites is 1. The first-order valence-corrected chi connectivity index (χ1v) is 9.80. The van der Waals surface area contributed by atoms with Crippen LogP contribution in [0.15, 0.2) is 71.1 Å². The van der Waals surface area contributed by atoms with E-state index in [1.165, 1.54) is 22.1 Å². The van der Waals surface area contributed by atoms with E-state index in [0.717, 1.165) is 32.1 Å². The lowest BCUT2D eigenvalue weighted by atomic mass is 10.1. The highest BCUT2D eigenvalue weighted by atomic mass is 32.1. The van der Waals surface area contributed by atoms with Crippen LogP contribution in [0.3, 0.4) is 0 Å². The lowest BCUT2D eigenvalue weighted by molar-refractivity contribution is 0.619. The number of hydrogen-bond acceptors (Lipinski definition) is 5. The van der Waals surface area contributed by atoms with Gasteiger partial charge in [0.1, 0.15) is 10.6 Å². The Morgan fingerprint density at radius 2 is 1.64 bits per heavy atom. The number of rotatable bonds is 2. The Hall–Kier alpha value is -3.51. The number of nitrogens with zero attached hydrogens (tertiary/aromatic N) is 4. The predicted octanol–water partition coefficient (Wildman–Crippen LogP) is 5.73. The zero-order chi connectivity index (χ0) is 18.7. The molecule has 0 aliphatic heterocycles. The molecule has 5 nitrogen and oxygen atoms in total. The molecule has 0 bridgehead atoms. The van der Waals surface area contributed by atoms with Gasteiger partial charge in [-0.1, -0.05) is 72.0 Å². The van der Waals surface area contributed by atoms with Gasteiger partial charge in [0.2, 0.25) is 10.8 Å². The Morgan fingerprint density at radius 1 is 0.857 bits per heavy atom. The standard InChI is InChI=1S/C22H14N4OS/c1-13-15-9-4-5-12-18(15)27-19(13)20-23-24-22-26(20)25-21(28-22)17-11-6-8-14-7-2-3-10-16(14)17/h2-12H,1H3. The number of fused-ring (bicyclic) bond motifs is 3. The topological polar surface area (TPSA) is 56.2 Å². The van der Waals surface area contributed by atoms with Gasteiger partial charge in [0, 0.05) is 16.5 Å². The zero-order valence-corrected chi connectivity index (χ0v) is 15.8. The summed E-state index contributed by atoms with van der Waals surface area (Å²) in [4.78, 5) is 0.748. The Kier molecular flexibility index (Phi) is 3.19. The fraction of sp³-hybridized carbons (Fsp3) is 0.0455. The lowest BCUT2D eigenvalue weighted by Gasteiger charge is -2.02. The summed E-state index contributed by atoms with van der Waals surface area (Å²) in [5.74, 6) is 1.34. The van der Waals surface area contributed by atoms with Crippen LogP contribution in [0.5, 0.6) is 0 Å². The molecule has 3 heterocycles. The van der Waals surface area contributed by atoms with Crippen LogP contribution in [0, 0.1) is 6.92 Å². The van der Waals surface area contributed by atoms with Crippen LogP contribution < -0.4 is 0 Å². The van der Waals surface area contributed by atoms with Gasteiger partial charge < -0.3 is 4.42 Å². The van der Waals surface area contributed by atoms with Crippen LogP contribution in [-0.4, -0.2) is 19.8 Å². The van der Waals surface area contributed by atoms with E-state index < -0.39 is 0 Å². The highest BCUT2D eigenvalue weighted by Gasteiger charge is 2.21. The molecule has 0 spiro atoms. The zero-order valence-electron chi connectivity index (χ0n) is 15.0. The van der Waals surface area contributed by atoms with Gasteiger partial charge in [0.05, 0.1) is 0 Å². The Bertz CT molecular complexity index is 1490. The van der Waals surface area contributed by atoms with Crippen molar-refractivity contribution in [2.75, 3.05) is 0 Å². The molecule has 0 atom stereocenters. The van der Waals surface area contributed by atoms with Crippen LogP contribution in [0.25, 0.3) is 48.9 Å². The Balaban J connectivity index is 1.57. The first-order valence-electron chi connectivity index (χ1n) is 8.98. The third kappa shape index (κ3) is 2.15. The number of benzene rings is 3. The van der Waals surface area contributed by atoms with Crippen LogP contribution in [0.1, 0.15) is 5.56 Å². The van der Waals surface area contributed by atoms with Crippen molar-refractivity contribution >= 4 is 38.0 Å². The van der Waals surface area contributed by atoms with Crippen molar-refractivity contribution in [3.63, 3.8) is 0 Å². The molecule has 0 fully saturated rings. The average molecular weight is 382 g/mol. The van der Waals surface area contributed by atoms with Crippen LogP contribution in [-0.2, 0) is 0 Å². The minimum absolute atomic E-state index is 0.631. The Labute approximate surface area is 163 Å². The molecule has 3 aromatic heterocycles. The van der Waals surface area contributed by atoms with Crippen molar-refractivity contribution < 1.29 is 4.42 Å². The lowest BCUT2D eigenvalue weighted by Crippen LogP contribution is -1.91. The minimum Gasteiger partial charge on any atom is -0.452 e. The largest absolute Gasteiger partial charge is 0.452 e. The van der Waals surface area contributed by atoms with Crippen molar-refractivity contribution in [2.45, 2.75) is 6.92 Å². The van der Waals surface area contributed by atoms with Gasteiger partial charge in [-0.25, -0.2) is 0 Å². The van der Waals surface area contributed by atoms with E-state index in [9.17, 15) is 0 Å². The number of furan rings is 1. The Morgan fingerprint density at radius 3 is 2.54 bits per heavy atom. The molecule has 6 rings (SSSR count). The maximum Gasteiger partial charge on any atom is 0.235 e. The van der Waals surface area contributed by atoms with Gasteiger partial charge in [-0.2, -0.15) is 9.61 Å². The van der Waals surface area contributed by atoms with Gasteiger partial charge >= 0.3 is 0 Å². The fourth-order valence-electron chi connectivity index (χ4n) is 3.67. The molecule has 0 aliphatic rings. The summed E-state index contributed by atoms with van der Waals surface area (Å²) in [6.07, 6.45) is 0. The molecule has 0 saturated heterocycles. The number of aryl methyl sites for hydroxylation is 1. The number of aromatic nitrogens is 4. The summed E-state index contributed by atoms with van der Waals surface area (Å²) in [6, 6.07) is 22.6. The second kappa shape index (κ2) is 5.74. The molecule has 6 heteroatoms. The normalized spacial score (nSPS) is 11.8. The van der Waals surface area contributed by atoms with Gasteiger partial charge in [-0.05, 0) is 23.8 Å². The summed E-state index contributed by atoms with van der Waals surface area (Å²) in [5, 5.41) is 17.9. The van der Waals surface area contributed by atoms with Gasteiger partial charge in [-0.3, -0.25) is 0 Å². The summed E-state index contributed by atoms with van der Waals surface area (Å²) >= 11 is 1.53. The van der Waals surface area contributed by atoms with E-state index in [1.807, 2.05) is 31.2 Å². The van der Waals surface area contributed by atoms with E-state index in [4.69, 9.17) is 9.52 Å². The molecule has 0 amide bonds. The van der Waals surface area contributed by atoms with E-state index in [0.29, 0.717) is 11.6 Å². The van der Waals surface area contributed by atoms with Crippen molar-refractivity contribution in [1.82, 2.24) is 19.8 Å². The molecule has 0 radical (unpaired) electrons. The van der Waals surface area contributed by atoms with Crippen molar-refractivity contribution in [2.24, 2.45) is 0 Å². The van der Waals surface area contributed by atoms with Crippen LogP contribution in [0.4, 0.5) is 0 Å². The average Bonchev–Trinajstić information content (AvgIpc) is 3.41. The summed E-state index contributed by atoms with van der Waals surface area (Å²) in [6.45, 7) is 2.04. The first-order chi connectivity index (χ1) is 13.8. The highest BCUT2D eigenvalue weighted by Crippen LogP contribution is 2.35. The van der Waals surface area contributed by atoms with Gasteiger partial charge in [0.15, 0.2) is 5.76 Å². The van der Waals surface area contributed by atoms with E-state index in [2.05, 4.69) is 52.7 Å². The SMILES string of the molecule is Cc1c(-c2nnc3sc(-c4cccc5ccccc45)nn23)oc2ccccc12. The fourth-order valence-corrected chi connectivity index (χ4v) is 4.55. The molecule has 0 saturated carbocycles. The van der Waals surface area contributed by atoms with Gasteiger partial charge in [-0.15, -0.1) is 10.2 Å². The van der Waals surface area contributed by atoms with Crippen LogP contribution >= 0.6 is 11.3 Å². The van der Waals surface area contributed by atoms with Crippen LogP contribution in [0.2, 0.25) is 0 Å². The molecular formula is C22H14N4OS. The predicted molar refractivity (Wildman–Crippen MR) is 112 cm³/mol. The molecule has 0 N–H and O–H groups in total. The molecular weight excluding hydrogens is 368 g/mol. The monoisotopic (exact) mass is 382 g/mol. The molecule has 0 aliphatic carbocycles. The minimum atomic E-state index is 0.631. The molecule has 6 aromatic rings.